The Kier molecular flexibility index (Phi) is 5.41. The van der Waals surface area contributed by atoms with Gasteiger partial charge >= 0.3 is 12.1 Å². The number of amides is 1. The molecular weight excluding hydrogens is 383 g/mol. The Morgan fingerprint density at radius 2 is 2.21 bits per heavy atom. The molecule has 1 amide bonds. The van der Waals surface area contributed by atoms with Crippen LogP contribution in [0.2, 0.25) is 0 Å². The summed E-state index contributed by atoms with van der Waals surface area (Å²) >= 11 is 0. The normalized spacial score (nSPS) is 22.1. The number of fused-ring (bicyclic) bond motifs is 1. The number of nitrogens with two attached hydrogens (primary N) is 1. The third kappa shape index (κ3) is 3.86. The van der Waals surface area contributed by atoms with E-state index in [2.05, 4.69) is 21.8 Å². The lowest BCUT2D eigenvalue weighted by Crippen LogP contribution is -2.36. The number of alkyl halides is 3. The third-order valence-electron chi connectivity index (χ3n) is 4.15. The third-order valence-corrected chi connectivity index (χ3v) is 4.15. The predicted octanol–water partition coefficient (Wildman–Crippen LogP) is -0.316. The Morgan fingerprint density at radius 1 is 1.46 bits per heavy atom. The molecule has 3 rings (SSSR count). The van der Waals surface area contributed by atoms with Crippen LogP contribution in [0.5, 0.6) is 0 Å². The van der Waals surface area contributed by atoms with Crippen LogP contribution in [0.4, 0.5) is 19.0 Å². The van der Waals surface area contributed by atoms with E-state index in [4.69, 9.17) is 10.5 Å². The summed E-state index contributed by atoms with van der Waals surface area (Å²) in [4.78, 5) is 18.8. The number of carbonyl (C=O) groups excluding carboxylic acids is 1. The number of anilines is 1. The highest BCUT2D eigenvalue weighted by molar-refractivity contribution is 5.92. The lowest BCUT2D eigenvalue weighted by atomic mass is 10.2. The molecule has 0 aromatic carbocycles. The van der Waals surface area contributed by atoms with Crippen molar-refractivity contribution < 1.29 is 32.9 Å². The van der Waals surface area contributed by atoms with Crippen molar-refractivity contribution in [3.63, 3.8) is 0 Å². The minimum atomic E-state index is -4.99. The number of nitrogens with zero attached hydrogens (tertiary/aromatic N) is 3. The first kappa shape index (κ1) is 19.9. The van der Waals surface area contributed by atoms with Crippen LogP contribution in [0.3, 0.4) is 0 Å². The van der Waals surface area contributed by atoms with Crippen molar-refractivity contribution in [2.75, 3.05) is 18.9 Å². The Balaban J connectivity index is 1.88. The molecule has 0 bridgehead atoms. The van der Waals surface area contributed by atoms with E-state index in [1.807, 2.05) is 0 Å². The van der Waals surface area contributed by atoms with Crippen molar-refractivity contribution >= 4 is 22.8 Å². The van der Waals surface area contributed by atoms with E-state index in [-0.39, 0.29) is 18.8 Å². The summed E-state index contributed by atoms with van der Waals surface area (Å²) in [5.41, 5.74) is 6.55. The second kappa shape index (κ2) is 7.63. The van der Waals surface area contributed by atoms with Gasteiger partial charge < -0.3 is 30.6 Å². The first-order chi connectivity index (χ1) is 13.2. The van der Waals surface area contributed by atoms with Gasteiger partial charge in [0.25, 0.3) is 0 Å². The lowest BCUT2D eigenvalue weighted by molar-refractivity contribution is -0.173. The van der Waals surface area contributed by atoms with Crippen LogP contribution in [0, 0.1) is 11.8 Å². The zero-order chi connectivity index (χ0) is 20.5. The van der Waals surface area contributed by atoms with E-state index < -0.39 is 37.1 Å². The number of nitrogen functional groups attached to an aromatic ring is 1. The minimum absolute atomic E-state index is 0.102. The number of hydrogen-bond donors (Lipinski definition) is 4. The van der Waals surface area contributed by atoms with Crippen molar-refractivity contribution in [3.8, 4) is 11.8 Å². The molecular formula is C16H16F3N5O4. The zero-order valence-electron chi connectivity index (χ0n) is 14.3. The standard InChI is InChI=1S/C16H16F3N5O4/c17-16(18,19)15(27)21-3-1-2-8-5-24(11-4-9(26)10(6-25)28-11)14-12(8)13(20)22-7-23-14/h5,7,9-11,25-26H,3-4,6H2,(H,21,27)(H2,20,22,23)/t9-,10+,11-/m0/s1. The molecule has 0 unspecified atom stereocenters. The highest BCUT2D eigenvalue weighted by Gasteiger charge is 2.38. The van der Waals surface area contributed by atoms with E-state index in [0.717, 1.165) is 0 Å². The van der Waals surface area contributed by atoms with Gasteiger partial charge in [0.1, 0.15) is 30.1 Å². The topological polar surface area (TPSA) is 136 Å². The van der Waals surface area contributed by atoms with Crippen molar-refractivity contribution in [1.29, 1.82) is 0 Å². The van der Waals surface area contributed by atoms with Crippen LogP contribution in [0.1, 0.15) is 18.2 Å². The molecule has 0 radical (unpaired) electrons. The summed E-state index contributed by atoms with van der Waals surface area (Å²) in [6.45, 7) is -0.886. The van der Waals surface area contributed by atoms with Crippen LogP contribution in [0.25, 0.3) is 11.0 Å². The first-order valence-corrected chi connectivity index (χ1v) is 8.11. The Hall–Kier alpha value is -2.88. The molecule has 2 aromatic heterocycles. The maximum atomic E-state index is 12.2. The fraction of sp³-hybridized carbons (Fsp3) is 0.438. The van der Waals surface area contributed by atoms with Crippen LogP contribution in [-0.4, -0.2) is 62.2 Å². The summed E-state index contributed by atoms with van der Waals surface area (Å²) < 4.78 is 43.7. The Morgan fingerprint density at radius 3 is 2.86 bits per heavy atom. The average Bonchev–Trinajstić information content (AvgIpc) is 3.18. The molecule has 3 heterocycles. The molecule has 28 heavy (non-hydrogen) atoms. The Bertz CT molecular complexity index is 949. The zero-order valence-corrected chi connectivity index (χ0v) is 14.3. The molecule has 1 aliphatic rings. The molecule has 2 aromatic rings. The van der Waals surface area contributed by atoms with E-state index in [1.54, 1.807) is 9.88 Å². The van der Waals surface area contributed by atoms with Gasteiger partial charge in [-0.15, -0.1) is 0 Å². The number of aliphatic hydroxyl groups excluding tert-OH is 2. The molecule has 0 spiro atoms. The fourth-order valence-electron chi connectivity index (χ4n) is 2.84. The molecule has 5 N–H and O–H groups in total. The highest BCUT2D eigenvalue weighted by Crippen LogP contribution is 2.33. The highest BCUT2D eigenvalue weighted by atomic mass is 19.4. The Labute approximate surface area is 156 Å². The van der Waals surface area contributed by atoms with Gasteiger partial charge in [-0.2, -0.15) is 13.2 Å². The summed E-state index contributed by atoms with van der Waals surface area (Å²) in [6.07, 6.45) is -4.33. The van der Waals surface area contributed by atoms with E-state index in [0.29, 0.717) is 16.6 Å². The number of nitrogens with one attached hydrogen (secondary N) is 1. The molecule has 150 valence electrons. The predicted molar refractivity (Wildman–Crippen MR) is 89.5 cm³/mol. The maximum absolute atomic E-state index is 12.2. The van der Waals surface area contributed by atoms with Crippen LogP contribution in [-0.2, 0) is 9.53 Å². The van der Waals surface area contributed by atoms with E-state index >= 15 is 0 Å². The molecule has 9 nitrogen and oxygen atoms in total. The molecule has 1 saturated heterocycles. The van der Waals surface area contributed by atoms with Crippen LogP contribution >= 0.6 is 0 Å². The summed E-state index contributed by atoms with van der Waals surface area (Å²) in [6, 6.07) is 0. The quantitative estimate of drug-likeness (QED) is 0.520. The number of aliphatic hydroxyl groups is 2. The van der Waals surface area contributed by atoms with Gasteiger partial charge in [-0.3, -0.25) is 4.79 Å². The smallest absolute Gasteiger partial charge is 0.394 e. The molecule has 3 atom stereocenters. The van der Waals surface area contributed by atoms with Gasteiger partial charge in [-0.05, 0) is 0 Å². The number of rotatable bonds is 3. The fourth-order valence-corrected chi connectivity index (χ4v) is 2.84. The largest absolute Gasteiger partial charge is 0.471 e. The average molecular weight is 399 g/mol. The van der Waals surface area contributed by atoms with Crippen molar-refractivity contribution in [3.05, 3.63) is 18.1 Å². The van der Waals surface area contributed by atoms with Crippen molar-refractivity contribution in [1.82, 2.24) is 19.9 Å². The summed E-state index contributed by atoms with van der Waals surface area (Å²) in [7, 11) is 0. The number of halogens is 3. The van der Waals surface area contributed by atoms with Gasteiger partial charge in [0.05, 0.1) is 30.2 Å². The molecule has 0 aliphatic carbocycles. The molecule has 1 aliphatic heterocycles. The van der Waals surface area contributed by atoms with Gasteiger partial charge in [-0.25, -0.2) is 9.97 Å². The van der Waals surface area contributed by atoms with Gasteiger partial charge in [-0.1, -0.05) is 11.8 Å². The molecule has 12 heteroatoms. The molecule has 1 fully saturated rings. The van der Waals surface area contributed by atoms with E-state index in [9.17, 15) is 28.2 Å². The number of ether oxygens (including phenoxy) is 1. The number of aromatic nitrogens is 3. The van der Waals surface area contributed by atoms with Gasteiger partial charge in [0, 0.05) is 12.6 Å². The lowest BCUT2D eigenvalue weighted by Gasteiger charge is -2.14. The van der Waals surface area contributed by atoms with Gasteiger partial charge in [0.2, 0.25) is 0 Å². The number of hydrogen-bond acceptors (Lipinski definition) is 7. The second-order valence-corrected chi connectivity index (χ2v) is 6.00. The number of carbonyl (C=O) groups is 1. The van der Waals surface area contributed by atoms with Crippen molar-refractivity contribution in [2.24, 2.45) is 0 Å². The minimum Gasteiger partial charge on any atom is -0.394 e. The SMILES string of the molecule is Nc1ncnc2c1c(C#CCNC(=O)C(F)(F)F)cn2[C@@H]1C[C@H](O)[C@@H](CO)O1. The summed E-state index contributed by atoms with van der Waals surface area (Å²) in [5.74, 6) is 3.07. The van der Waals surface area contributed by atoms with Crippen LogP contribution in [0.15, 0.2) is 12.5 Å². The maximum Gasteiger partial charge on any atom is 0.471 e. The van der Waals surface area contributed by atoms with Crippen molar-refractivity contribution in [2.45, 2.75) is 31.0 Å². The van der Waals surface area contributed by atoms with Crippen LogP contribution < -0.4 is 11.1 Å². The first-order valence-electron chi connectivity index (χ1n) is 8.11. The van der Waals surface area contributed by atoms with Gasteiger partial charge in [0.15, 0.2) is 0 Å². The second-order valence-electron chi connectivity index (χ2n) is 6.00. The van der Waals surface area contributed by atoms with E-state index in [1.165, 1.54) is 12.5 Å². The summed E-state index contributed by atoms with van der Waals surface area (Å²) in [5, 5.41) is 21.2. The monoisotopic (exact) mass is 399 g/mol. The molecule has 0 saturated carbocycles.